The predicted molar refractivity (Wildman–Crippen MR) is 111 cm³/mol. The van der Waals surface area contributed by atoms with Gasteiger partial charge in [-0.05, 0) is 19.3 Å². The molecule has 13 heteroatoms. The van der Waals surface area contributed by atoms with Crippen LogP contribution >= 0.6 is 7.82 Å². The first-order valence-corrected chi connectivity index (χ1v) is 11.9. The van der Waals surface area contributed by atoms with Gasteiger partial charge >= 0.3 is 7.82 Å². The van der Waals surface area contributed by atoms with Crippen molar-refractivity contribution in [1.82, 2.24) is 19.5 Å². The molecular weight excluding hydrogens is 429 g/mol. The summed E-state index contributed by atoms with van der Waals surface area (Å²) in [4.78, 5) is 30.7. The van der Waals surface area contributed by atoms with Gasteiger partial charge < -0.3 is 34.6 Å². The largest absolute Gasteiger partial charge is 0.469 e. The number of fused-ring (bicyclic) bond motifs is 1. The molecule has 0 saturated heterocycles. The molecule has 1 aliphatic rings. The minimum absolute atomic E-state index is 0.246. The lowest BCUT2D eigenvalue weighted by Crippen LogP contribution is -2.30. The third-order valence-corrected chi connectivity index (χ3v) is 5.83. The standard InChI is InChI=1S/C18H30N5O7P/c1-2-3-6-29-7-4-5-19-17-14-18(21-10-20-17)23(11-22-14)13-8-12(15(24)16(13)25)9-30-31(26,27)28/h10-13,15-16,24-25H,2-9H2,1H3,(H,19,20,21)(H2,26,27,28)/t12?,13-,15-,16+/m1/s1. The van der Waals surface area contributed by atoms with Gasteiger partial charge in [0, 0.05) is 25.7 Å². The fraction of sp³-hybridized carbons (Fsp3) is 0.722. The Labute approximate surface area is 179 Å². The van der Waals surface area contributed by atoms with Gasteiger partial charge in [0.15, 0.2) is 11.5 Å². The number of hydrogen-bond donors (Lipinski definition) is 5. The van der Waals surface area contributed by atoms with Crippen molar-refractivity contribution in [2.24, 2.45) is 5.92 Å². The SMILES string of the molecule is CCCCOCCCNc1ncnc2c1ncn2[C@@H]1CC(COP(=O)(O)O)[C@@H](O)[C@H]1O. The number of nitrogens with zero attached hydrogens (tertiary/aromatic N) is 4. The fourth-order valence-electron chi connectivity index (χ4n) is 3.69. The Morgan fingerprint density at radius 2 is 1.97 bits per heavy atom. The number of nitrogens with one attached hydrogen (secondary N) is 1. The number of imidazole rings is 1. The van der Waals surface area contributed by atoms with Crippen LogP contribution in [0.15, 0.2) is 12.7 Å². The molecular formula is C18H30N5O7P. The zero-order valence-electron chi connectivity index (χ0n) is 17.4. The van der Waals surface area contributed by atoms with Crippen molar-refractivity contribution in [3.63, 3.8) is 0 Å². The van der Waals surface area contributed by atoms with Crippen LogP contribution in [0, 0.1) is 5.92 Å². The number of phosphoric acid groups is 1. The van der Waals surface area contributed by atoms with E-state index < -0.39 is 32.0 Å². The van der Waals surface area contributed by atoms with Crippen molar-refractivity contribution >= 4 is 24.8 Å². The molecule has 1 unspecified atom stereocenters. The van der Waals surface area contributed by atoms with Crippen LogP contribution in [0.25, 0.3) is 11.2 Å². The van der Waals surface area contributed by atoms with Crippen molar-refractivity contribution in [2.75, 3.05) is 31.7 Å². The summed E-state index contributed by atoms with van der Waals surface area (Å²) in [6, 6.07) is -0.569. The van der Waals surface area contributed by atoms with Gasteiger partial charge in [-0.2, -0.15) is 0 Å². The quantitative estimate of drug-likeness (QED) is 0.225. The Morgan fingerprint density at radius 3 is 2.71 bits per heavy atom. The lowest BCUT2D eigenvalue weighted by molar-refractivity contribution is -0.00374. The lowest BCUT2D eigenvalue weighted by Gasteiger charge is -2.18. The van der Waals surface area contributed by atoms with Crippen LogP contribution in [0.4, 0.5) is 5.82 Å². The first-order valence-electron chi connectivity index (χ1n) is 10.4. The highest BCUT2D eigenvalue weighted by Crippen LogP contribution is 2.42. The molecule has 1 aliphatic carbocycles. The van der Waals surface area contributed by atoms with Crippen molar-refractivity contribution in [3.8, 4) is 0 Å². The van der Waals surface area contributed by atoms with E-state index in [2.05, 4.69) is 31.7 Å². The molecule has 5 N–H and O–H groups in total. The molecule has 12 nitrogen and oxygen atoms in total. The second kappa shape index (κ2) is 10.8. The maximum atomic E-state index is 11.0. The van der Waals surface area contributed by atoms with Crippen LogP contribution < -0.4 is 5.32 Å². The van der Waals surface area contributed by atoms with Crippen LogP contribution in [0.1, 0.15) is 38.6 Å². The molecule has 0 amide bonds. The molecule has 2 aromatic heterocycles. The van der Waals surface area contributed by atoms with Gasteiger partial charge in [-0.1, -0.05) is 13.3 Å². The lowest BCUT2D eigenvalue weighted by atomic mass is 10.1. The average molecular weight is 459 g/mol. The van der Waals surface area contributed by atoms with Gasteiger partial charge in [-0.15, -0.1) is 0 Å². The summed E-state index contributed by atoms with van der Waals surface area (Å²) in [7, 11) is -4.66. The Hall–Kier alpha value is -1.66. The number of aliphatic hydroxyl groups is 2. The molecule has 4 atom stereocenters. The van der Waals surface area contributed by atoms with Crippen LogP contribution in [0.2, 0.25) is 0 Å². The molecule has 0 radical (unpaired) electrons. The van der Waals surface area contributed by atoms with Gasteiger partial charge in [0.1, 0.15) is 17.9 Å². The maximum Gasteiger partial charge on any atom is 0.469 e. The van der Waals surface area contributed by atoms with Crippen molar-refractivity contribution in [3.05, 3.63) is 12.7 Å². The third-order valence-electron chi connectivity index (χ3n) is 5.34. The summed E-state index contributed by atoms with van der Waals surface area (Å²) < 4.78 is 22.7. The topological polar surface area (TPSA) is 172 Å². The Morgan fingerprint density at radius 1 is 1.19 bits per heavy atom. The van der Waals surface area contributed by atoms with E-state index in [1.165, 1.54) is 12.7 Å². The van der Waals surface area contributed by atoms with Gasteiger partial charge in [0.05, 0.1) is 25.1 Å². The predicted octanol–water partition coefficient (Wildman–Crippen LogP) is 0.837. The monoisotopic (exact) mass is 459 g/mol. The highest BCUT2D eigenvalue weighted by molar-refractivity contribution is 7.46. The van der Waals surface area contributed by atoms with Crippen LogP contribution in [-0.4, -0.2) is 78.1 Å². The molecule has 0 bridgehead atoms. The highest BCUT2D eigenvalue weighted by atomic mass is 31.2. The van der Waals surface area contributed by atoms with Crippen LogP contribution in [0.5, 0.6) is 0 Å². The fourth-order valence-corrected chi connectivity index (χ4v) is 4.07. The molecule has 3 rings (SSSR count). The van der Waals surface area contributed by atoms with E-state index in [-0.39, 0.29) is 13.0 Å². The van der Waals surface area contributed by atoms with Gasteiger partial charge in [0.25, 0.3) is 0 Å². The number of unbranched alkanes of at least 4 members (excludes halogenated alkanes) is 1. The number of rotatable bonds is 12. The Kier molecular flexibility index (Phi) is 8.34. The highest BCUT2D eigenvalue weighted by Gasteiger charge is 2.43. The third kappa shape index (κ3) is 6.19. The molecule has 2 aromatic rings. The number of aliphatic hydroxyl groups excluding tert-OH is 2. The van der Waals surface area contributed by atoms with E-state index >= 15 is 0 Å². The van der Waals surface area contributed by atoms with Gasteiger partial charge in [0.2, 0.25) is 0 Å². The number of hydrogen-bond acceptors (Lipinski definition) is 9. The van der Waals surface area contributed by atoms with Crippen LogP contribution in [0.3, 0.4) is 0 Å². The van der Waals surface area contributed by atoms with Crippen LogP contribution in [-0.2, 0) is 13.8 Å². The maximum absolute atomic E-state index is 11.0. The van der Waals surface area contributed by atoms with E-state index in [9.17, 15) is 14.8 Å². The minimum atomic E-state index is -4.66. The zero-order valence-corrected chi connectivity index (χ0v) is 18.3. The Balaban J connectivity index is 1.64. The summed E-state index contributed by atoms with van der Waals surface area (Å²) in [5, 5.41) is 24.0. The number of phosphoric ester groups is 1. The van der Waals surface area contributed by atoms with E-state index in [4.69, 9.17) is 14.5 Å². The normalized spacial score (nSPS) is 24.2. The summed E-state index contributed by atoms with van der Waals surface area (Å²) in [5.41, 5.74) is 1.02. The first-order chi connectivity index (χ1) is 14.8. The zero-order chi connectivity index (χ0) is 22.4. The van der Waals surface area contributed by atoms with E-state index in [0.29, 0.717) is 30.1 Å². The summed E-state index contributed by atoms with van der Waals surface area (Å²) in [5.74, 6) is -0.0797. The minimum Gasteiger partial charge on any atom is -0.390 e. The smallest absolute Gasteiger partial charge is 0.390 e. The van der Waals surface area contributed by atoms with Crippen molar-refractivity contribution in [1.29, 1.82) is 0 Å². The van der Waals surface area contributed by atoms with Crippen molar-refractivity contribution in [2.45, 2.75) is 50.9 Å². The van der Waals surface area contributed by atoms with Crippen molar-refractivity contribution < 1.29 is 33.8 Å². The van der Waals surface area contributed by atoms with E-state index in [1.807, 2.05) is 0 Å². The Bertz CT molecular complexity index is 891. The molecule has 1 fully saturated rings. The summed E-state index contributed by atoms with van der Waals surface area (Å²) >= 11 is 0. The molecule has 0 aliphatic heterocycles. The molecule has 0 aromatic carbocycles. The molecule has 0 spiro atoms. The summed E-state index contributed by atoms with van der Waals surface area (Å²) in [6.45, 7) is 3.81. The first kappa shape index (κ1) is 24.0. The molecule has 31 heavy (non-hydrogen) atoms. The average Bonchev–Trinajstić information content (AvgIpc) is 3.27. The number of anilines is 1. The number of ether oxygens (including phenoxy) is 1. The van der Waals surface area contributed by atoms with E-state index in [0.717, 1.165) is 25.9 Å². The molecule has 174 valence electrons. The van der Waals surface area contributed by atoms with Gasteiger partial charge in [-0.25, -0.2) is 19.5 Å². The second-order valence-corrected chi connectivity index (χ2v) is 8.86. The molecule has 1 saturated carbocycles. The van der Waals surface area contributed by atoms with Gasteiger partial charge in [-0.3, -0.25) is 4.52 Å². The summed E-state index contributed by atoms with van der Waals surface area (Å²) in [6.07, 6.45) is 3.77. The second-order valence-electron chi connectivity index (χ2n) is 7.62. The molecule has 2 heterocycles. The number of aromatic nitrogens is 4. The van der Waals surface area contributed by atoms with E-state index in [1.54, 1.807) is 4.57 Å².